The van der Waals surface area contributed by atoms with E-state index in [1.807, 2.05) is 30.3 Å². The van der Waals surface area contributed by atoms with Crippen molar-refractivity contribution in [3.05, 3.63) is 64.2 Å². The standard InChI is InChI=1S/C16H15ClO2/c1-11-9-16(19)13(10-14(11)17)15(18)8-7-12-5-3-2-4-6-12/h2-6,9-10,19H,7-8H2,1H3. The molecule has 0 amide bonds. The van der Waals surface area contributed by atoms with Gasteiger partial charge in [-0.3, -0.25) is 4.79 Å². The highest BCUT2D eigenvalue weighted by atomic mass is 35.5. The number of ketones is 1. The minimum absolute atomic E-state index is 0.0000355. The van der Waals surface area contributed by atoms with E-state index in [2.05, 4.69) is 0 Å². The maximum Gasteiger partial charge on any atom is 0.166 e. The van der Waals surface area contributed by atoms with Crippen LogP contribution in [0.3, 0.4) is 0 Å². The summed E-state index contributed by atoms with van der Waals surface area (Å²) in [5.74, 6) is -0.0942. The number of phenols is 1. The number of phenolic OH excluding ortho intramolecular Hbond substituents is 1. The lowest BCUT2D eigenvalue weighted by atomic mass is 10.0. The van der Waals surface area contributed by atoms with E-state index in [1.54, 1.807) is 13.0 Å². The van der Waals surface area contributed by atoms with Crippen LogP contribution in [-0.4, -0.2) is 10.9 Å². The van der Waals surface area contributed by atoms with Crippen LogP contribution in [0.25, 0.3) is 0 Å². The van der Waals surface area contributed by atoms with Crippen molar-refractivity contribution in [2.24, 2.45) is 0 Å². The van der Waals surface area contributed by atoms with Crippen LogP contribution in [0, 0.1) is 6.92 Å². The zero-order valence-corrected chi connectivity index (χ0v) is 11.4. The Morgan fingerprint density at radius 3 is 2.58 bits per heavy atom. The Labute approximate surface area is 117 Å². The third-order valence-electron chi connectivity index (χ3n) is 3.06. The number of benzene rings is 2. The summed E-state index contributed by atoms with van der Waals surface area (Å²) in [4.78, 5) is 12.1. The van der Waals surface area contributed by atoms with Gasteiger partial charge in [-0.2, -0.15) is 0 Å². The third kappa shape index (κ3) is 3.36. The molecule has 2 nitrogen and oxygen atoms in total. The number of hydrogen-bond donors (Lipinski definition) is 1. The van der Waals surface area contributed by atoms with E-state index in [4.69, 9.17) is 11.6 Å². The summed E-state index contributed by atoms with van der Waals surface area (Å²) < 4.78 is 0. The lowest BCUT2D eigenvalue weighted by molar-refractivity contribution is 0.0980. The van der Waals surface area contributed by atoms with Crippen LogP contribution in [0.2, 0.25) is 5.02 Å². The maximum atomic E-state index is 12.1. The van der Waals surface area contributed by atoms with E-state index in [9.17, 15) is 9.90 Å². The SMILES string of the molecule is Cc1cc(O)c(C(=O)CCc2ccccc2)cc1Cl. The monoisotopic (exact) mass is 274 g/mol. The van der Waals surface area contributed by atoms with Gasteiger partial charge in [0.25, 0.3) is 0 Å². The van der Waals surface area contributed by atoms with Gasteiger partial charge in [-0.15, -0.1) is 0 Å². The Morgan fingerprint density at radius 1 is 1.21 bits per heavy atom. The van der Waals surface area contributed by atoms with Crippen LogP contribution in [0.5, 0.6) is 5.75 Å². The molecule has 2 aromatic carbocycles. The first kappa shape index (κ1) is 13.6. The van der Waals surface area contributed by atoms with Gasteiger partial charge in [0.15, 0.2) is 5.78 Å². The van der Waals surface area contributed by atoms with Crippen molar-refractivity contribution >= 4 is 17.4 Å². The van der Waals surface area contributed by atoms with E-state index in [1.165, 1.54) is 6.07 Å². The van der Waals surface area contributed by atoms with Crippen molar-refractivity contribution in [2.45, 2.75) is 19.8 Å². The molecule has 3 heteroatoms. The second-order valence-corrected chi connectivity index (χ2v) is 4.93. The van der Waals surface area contributed by atoms with E-state index < -0.39 is 0 Å². The fourth-order valence-corrected chi connectivity index (χ4v) is 2.09. The van der Waals surface area contributed by atoms with E-state index in [0.717, 1.165) is 11.1 Å². The summed E-state index contributed by atoms with van der Waals surface area (Å²) in [6, 6.07) is 12.9. The number of hydrogen-bond acceptors (Lipinski definition) is 2. The summed E-state index contributed by atoms with van der Waals surface area (Å²) in [6.45, 7) is 1.79. The Bertz CT molecular complexity index is 591. The molecule has 0 fully saturated rings. The number of Topliss-reactive ketones (excluding diaryl/α,β-unsaturated/α-hetero) is 1. The molecule has 2 rings (SSSR count). The quantitative estimate of drug-likeness (QED) is 0.850. The molecule has 0 aliphatic carbocycles. The second-order valence-electron chi connectivity index (χ2n) is 4.53. The van der Waals surface area contributed by atoms with Gasteiger partial charge in [-0.1, -0.05) is 41.9 Å². The van der Waals surface area contributed by atoms with E-state index in [0.29, 0.717) is 23.4 Å². The molecule has 0 radical (unpaired) electrons. The van der Waals surface area contributed by atoms with Gasteiger partial charge in [0.1, 0.15) is 5.75 Å². The Morgan fingerprint density at radius 2 is 1.89 bits per heavy atom. The van der Waals surface area contributed by atoms with Gasteiger partial charge in [0.2, 0.25) is 0 Å². The smallest absolute Gasteiger partial charge is 0.166 e. The van der Waals surface area contributed by atoms with Gasteiger partial charge in [-0.25, -0.2) is 0 Å². The first-order valence-electron chi connectivity index (χ1n) is 6.14. The zero-order valence-electron chi connectivity index (χ0n) is 10.7. The Balaban J connectivity index is 2.10. The highest BCUT2D eigenvalue weighted by Gasteiger charge is 2.13. The molecule has 0 saturated heterocycles. The van der Waals surface area contributed by atoms with Gasteiger partial charge < -0.3 is 5.11 Å². The molecule has 0 aliphatic heterocycles. The van der Waals surface area contributed by atoms with E-state index in [-0.39, 0.29) is 11.5 Å². The van der Waals surface area contributed by atoms with Crippen molar-refractivity contribution in [2.75, 3.05) is 0 Å². The van der Waals surface area contributed by atoms with Crippen LogP contribution in [0.4, 0.5) is 0 Å². The summed E-state index contributed by atoms with van der Waals surface area (Å²) in [7, 11) is 0. The third-order valence-corrected chi connectivity index (χ3v) is 3.47. The minimum atomic E-state index is -0.0942. The predicted molar refractivity (Wildman–Crippen MR) is 76.9 cm³/mol. The first-order chi connectivity index (χ1) is 9.08. The van der Waals surface area contributed by atoms with Crippen LogP contribution < -0.4 is 0 Å². The molecular weight excluding hydrogens is 260 g/mol. The molecule has 0 bridgehead atoms. The Kier molecular flexibility index (Phi) is 4.23. The van der Waals surface area contributed by atoms with Crippen LogP contribution in [0.1, 0.15) is 27.9 Å². The number of carbonyl (C=O) groups excluding carboxylic acids is 1. The van der Waals surface area contributed by atoms with Gasteiger partial charge in [-0.05, 0) is 36.6 Å². The lowest BCUT2D eigenvalue weighted by Gasteiger charge is -2.07. The molecule has 0 aliphatic rings. The molecule has 1 N–H and O–H groups in total. The largest absolute Gasteiger partial charge is 0.507 e. The average molecular weight is 275 g/mol. The Hall–Kier alpha value is -1.80. The summed E-state index contributed by atoms with van der Waals surface area (Å²) in [5, 5.41) is 10.3. The zero-order chi connectivity index (χ0) is 13.8. The van der Waals surface area contributed by atoms with Crippen molar-refractivity contribution < 1.29 is 9.90 Å². The first-order valence-corrected chi connectivity index (χ1v) is 6.52. The maximum absolute atomic E-state index is 12.1. The van der Waals surface area contributed by atoms with Crippen molar-refractivity contribution in [1.82, 2.24) is 0 Å². The molecule has 0 unspecified atom stereocenters. The van der Waals surface area contributed by atoms with Crippen molar-refractivity contribution in [3.8, 4) is 5.75 Å². The van der Waals surface area contributed by atoms with Crippen LogP contribution in [-0.2, 0) is 6.42 Å². The van der Waals surface area contributed by atoms with Gasteiger partial charge >= 0.3 is 0 Å². The molecule has 19 heavy (non-hydrogen) atoms. The average Bonchev–Trinajstić information content (AvgIpc) is 2.41. The van der Waals surface area contributed by atoms with Crippen molar-refractivity contribution in [3.63, 3.8) is 0 Å². The number of carbonyl (C=O) groups is 1. The fraction of sp³-hybridized carbons (Fsp3) is 0.188. The second kappa shape index (κ2) is 5.89. The number of rotatable bonds is 4. The topological polar surface area (TPSA) is 37.3 Å². The molecule has 0 spiro atoms. The van der Waals surface area contributed by atoms with E-state index >= 15 is 0 Å². The molecular formula is C16H15ClO2. The highest BCUT2D eigenvalue weighted by Crippen LogP contribution is 2.26. The molecule has 98 valence electrons. The molecule has 0 heterocycles. The molecule has 0 atom stereocenters. The number of halogens is 1. The summed E-state index contributed by atoms with van der Waals surface area (Å²) in [5.41, 5.74) is 2.17. The fourth-order valence-electron chi connectivity index (χ4n) is 1.93. The van der Waals surface area contributed by atoms with Crippen molar-refractivity contribution in [1.29, 1.82) is 0 Å². The minimum Gasteiger partial charge on any atom is -0.507 e. The van der Waals surface area contributed by atoms with Gasteiger partial charge in [0.05, 0.1) is 5.56 Å². The molecule has 0 aromatic heterocycles. The summed E-state index contributed by atoms with van der Waals surface area (Å²) >= 11 is 5.98. The lowest BCUT2D eigenvalue weighted by Crippen LogP contribution is -2.02. The highest BCUT2D eigenvalue weighted by molar-refractivity contribution is 6.31. The number of aryl methyl sites for hydroxylation is 2. The normalized spacial score (nSPS) is 10.4. The number of aromatic hydroxyl groups is 1. The van der Waals surface area contributed by atoms with Crippen LogP contribution in [0.15, 0.2) is 42.5 Å². The molecule has 0 saturated carbocycles. The summed E-state index contributed by atoms with van der Waals surface area (Å²) in [6.07, 6.45) is 1.02. The molecule has 2 aromatic rings. The van der Waals surface area contributed by atoms with Crippen LogP contribution >= 0.6 is 11.6 Å². The predicted octanol–water partition coefficient (Wildman–Crippen LogP) is 4.17. The van der Waals surface area contributed by atoms with Gasteiger partial charge in [0, 0.05) is 11.4 Å².